The Morgan fingerprint density at radius 3 is 1.95 bits per heavy atom. The molecule has 2 N–H and O–H groups in total. The summed E-state index contributed by atoms with van der Waals surface area (Å²) >= 11 is 0. The van der Waals surface area contributed by atoms with Crippen molar-refractivity contribution in [2.45, 2.75) is 236 Å². The van der Waals surface area contributed by atoms with Crippen LogP contribution in [-0.2, 0) is 42.8 Å². The number of esters is 2. The highest BCUT2D eigenvalue weighted by atomic mass is 16.9. The maximum Gasteiger partial charge on any atom is 0.307 e. The van der Waals surface area contributed by atoms with E-state index in [0.29, 0.717) is 12.0 Å². The lowest BCUT2D eigenvalue weighted by Crippen LogP contribution is -2.76. The number of hydrogen-bond acceptors (Lipinski definition) is 11. The van der Waals surface area contributed by atoms with Crippen LogP contribution in [0, 0.1) is 17.8 Å². The number of aliphatic hydroxyl groups is 2. The Morgan fingerprint density at radius 1 is 0.810 bits per heavy atom. The molecule has 3 aliphatic carbocycles. The first-order chi connectivity index (χ1) is 30.2. The van der Waals surface area contributed by atoms with Gasteiger partial charge in [-0.15, -0.1) is 0 Å². The van der Waals surface area contributed by atoms with Crippen molar-refractivity contribution in [1.29, 1.82) is 0 Å². The van der Waals surface area contributed by atoms with E-state index in [0.717, 1.165) is 32.1 Å². The smallest absolute Gasteiger partial charge is 0.307 e. The zero-order valence-electron chi connectivity index (χ0n) is 39.5. The number of aliphatic hydroxyl groups excluding tert-OH is 1. The third-order valence-corrected chi connectivity index (χ3v) is 15.3. The van der Waals surface area contributed by atoms with Gasteiger partial charge in [-0.05, 0) is 44.3 Å². The summed E-state index contributed by atoms with van der Waals surface area (Å²) in [6.45, 7) is 15.0. The molecule has 3 bridgehead atoms. The lowest BCUT2D eigenvalue weighted by molar-refractivity contribution is -0.407. The fraction of sp³-hybridized carbons (Fsp3) is 0.788. The molecular formula is C52H80O11. The number of carbonyl (C=O) groups is 3. The first-order valence-corrected chi connectivity index (χ1v) is 24.9. The van der Waals surface area contributed by atoms with Crippen LogP contribution in [0.2, 0.25) is 0 Å². The summed E-state index contributed by atoms with van der Waals surface area (Å²) < 4.78 is 39.5. The average Bonchev–Trinajstić information content (AvgIpc) is 3.86. The van der Waals surface area contributed by atoms with Gasteiger partial charge < -0.3 is 38.6 Å². The number of allylic oxidation sites excluding steroid dienone is 3. The van der Waals surface area contributed by atoms with E-state index in [1.54, 1.807) is 26.0 Å². The van der Waals surface area contributed by atoms with E-state index in [2.05, 4.69) is 26.5 Å². The van der Waals surface area contributed by atoms with E-state index in [9.17, 15) is 24.6 Å². The van der Waals surface area contributed by atoms with Gasteiger partial charge in [0.15, 0.2) is 22.6 Å². The van der Waals surface area contributed by atoms with Gasteiger partial charge in [0.25, 0.3) is 0 Å². The number of rotatable bonds is 28. The zero-order chi connectivity index (χ0) is 45.5. The Hall–Kier alpha value is -2.67. The first kappa shape index (κ1) is 49.8. The topological polar surface area (TPSA) is 150 Å². The van der Waals surface area contributed by atoms with Crippen molar-refractivity contribution in [3.63, 3.8) is 0 Å². The third kappa shape index (κ3) is 9.63. The summed E-state index contributed by atoms with van der Waals surface area (Å²) in [5.74, 6) is -6.18. The van der Waals surface area contributed by atoms with Crippen LogP contribution >= 0.6 is 0 Å². The molecule has 3 saturated heterocycles. The van der Waals surface area contributed by atoms with Gasteiger partial charge in [-0.25, -0.2) is 0 Å². The average molecular weight is 881 g/mol. The molecule has 0 unspecified atom stereocenters. The lowest BCUT2D eigenvalue weighted by atomic mass is 9.53. The quantitative estimate of drug-likeness (QED) is 0.0254. The number of ketones is 1. The summed E-state index contributed by atoms with van der Waals surface area (Å²) in [7, 11) is 0. The summed E-state index contributed by atoms with van der Waals surface area (Å²) in [5.41, 5.74) is -6.31. The molecule has 0 spiro atoms. The molecule has 0 aromatic carbocycles. The molecule has 0 amide bonds. The van der Waals surface area contributed by atoms with Gasteiger partial charge >= 0.3 is 17.9 Å². The molecule has 3 aliphatic heterocycles. The maximum atomic E-state index is 14.3. The van der Waals surface area contributed by atoms with Crippen molar-refractivity contribution >= 4 is 17.7 Å². The van der Waals surface area contributed by atoms with Crippen molar-refractivity contribution in [3.05, 3.63) is 48.1 Å². The number of unbranched alkanes of at least 4 members (excludes halogenated alkanes) is 19. The Morgan fingerprint density at radius 2 is 1.38 bits per heavy atom. The van der Waals surface area contributed by atoms with E-state index >= 15 is 0 Å². The number of fused-ring (bicyclic) bond motifs is 3. The van der Waals surface area contributed by atoms with E-state index < -0.39 is 88.3 Å². The van der Waals surface area contributed by atoms with E-state index in [-0.39, 0.29) is 18.6 Å². The highest BCUT2D eigenvalue weighted by molar-refractivity contribution is 6.05. The molecule has 0 aromatic rings. The molecule has 2 saturated carbocycles. The lowest BCUT2D eigenvalue weighted by Gasteiger charge is -2.61. The standard InChI is InChI=1S/C52H80O11/c1-8-10-12-14-16-18-20-21-22-24-26-28-30-32-41(54)58-35-48-45(60-48)42-46-51(36(3)4)44(59-39(7)53)38(6)52(42,40-34-37(5)43(55)50(40,57)47(48)56)63-49(61-46,62-51)33-31-29-27-25-23-19-17-15-13-11-9-2/h27,29,31,33-34,38,40,42,44-47,56-57H,3,8-26,28,30,32,35H2,1-2,4-7H3/b29-27+,33-31+/t38-,40-,42+,44-,45+,46-,47-,48+,49-,50-,51+,52+/m1/s1. The SMILES string of the molecule is C=C(C)[C@@]12O[C@@]3(/C=C/C=C/CCCCCCCCC)O[C@@H]1[C@@H]1[C@@H]4O[C@]4(COC(=O)CCCCCCCCCCCCCCC)[C@@H](O)[C@]4(O)C(=O)C(C)=C[C@H]4[C@@]1(O3)[C@H](C)[C@H]2OC(C)=O. The molecule has 3 heterocycles. The predicted molar refractivity (Wildman–Crippen MR) is 241 cm³/mol. The molecule has 0 aromatic heterocycles. The Labute approximate surface area is 377 Å². The Balaban J connectivity index is 1.18. The monoisotopic (exact) mass is 881 g/mol. The van der Waals surface area contributed by atoms with Crippen LogP contribution in [0.4, 0.5) is 0 Å². The van der Waals surface area contributed by atoms with Crippen molar-refractivity contribution in [2.75, 3.05) is 6.61 Å². The van der Waals surface area contributed by atoms with Crippen LogP contribution in [0.3, 0.4) is 0 Å². The normalized spacial score (nSPS) is 37.2. The fourth-order valence-corrected chi connectivity index (χ4v) is 11.9. The second-order valence-electron chi connectivity index (χ2n) is 19.8. The van der Waals surface area contributed by atoms with Gasteiger partial charge in [-0.3, -0.25) is 14.4 Å². The van der Waals surface area contributed by atoms with Crippen molar-refractivity contribution in [1.82, 2.24) is 0 Å². The van der Waals surface area contributed by atoms with Crippen LogP contribution in [0.25, 0.3) is 0 Å². The van der Waals surface area contributed by atoms with Gasteiger partial charge in [0, 0.05) is 37.2 Å². The molecule has 354 valence electrons. The predicted octanol–water partition coefficient (Wildman–Crippen LogP) is 10.0. The van der Waals surface area contributed by atoms with Crippen molar-refractivity contribution in [3.8, 4) is 0 Å². The number of ether oxygens (including phenoxy) is 6. The second kappa shape index (κ2) is 21.3. The summed E-state index contributed by atoms with van der Waals surface area (Å²) in [5, 5.41) is 25.2. The summed E-state index contributed by atoms with van der Waals surface area (Å²) in [6, 6.07) is 0. The first-order valence-electron chi connectivity index (χ1n) is 24.9. The molecule has 0 radical (unpaired) electrons. The summed E-state index contributed by atoms with van der Waals surface area (Å²) in [6.07, 6.45) is 29.7. The third-order valence-electron chi connectivity index (χ3n) is 15.3. The van der Waals surface area contributed by atoms with E-state index in [1.165, 1.54) is 103 Å². The van der Waals surface area contributed by atoms with Gasteiger partial charge in [0.05, 0.1) is 5.60 Å². The summed E-state index contributed by atoms with van der Waals surface area (Å²) in [4.78, 5) is 40.5. The number of hydrogen-bond donors (Lipinski definition) is 2. The van der Waals surface area contributed by atoms with E-state index in [4.69, 9.17) is 28.4 Å². The van der Waals surface area contributed by atoms with Gasteiger partial charge in [-0.2, -0.15) is 0 Å². The highest BCUT2D eigenvalue weighted by Gasteiger charge is 2.90. The largest absolute Gasteiger partial charge is 0.462 e. The number of epoxide rings is 1. The van der Waals surface area contributed by atoms with Gasteiger partial charge in [-0.1, -0.05) is 167 Å². The van der Waals surface area contributed by atoms with E-state index in [1.807, 2.05) is 19.1 Å². The molecule has 11 heteroatoms. The minimum absolute atomic E-state index is 0.208. The molecule has 5 fully saturated rings. The zero-order valence-corrected chi connectivity index (χ0v) is 39.5. The molecule has 11 nitrogen and oxygen atoms in total. The molecule has 6 aliphatic rings. The molecule has 12 atom stereocenters. The van der Waals surface area contributed by atoms with Crippen molar-refractivity contribution in [2.24, 2.45) is 17.8 Å². The maximum absolute atomic E-state index is 14.3. The Bertz CT molecular complexity index is 1700. The molecule has 63 heavy (non-hydrogen) atoms. The Kier molecular flexibility index (Phi) is 16.8. The van der Waals surface area contributed by atoms with Crippen LogP contribution in [0.15, 0.2) is 48.1 Å². The van der Waals surface area contributed by atoms with Crippen LogP contribution < -0.4 is 0 Å². The minimum atomic E-state index is -2.44. The van der Waals surface area contributed by atoms with Crippen LogP contribution in [0.1, 0.15) is 183 Å². The number of carbonyl (C=O) groups excluding carboxylic acids is 3. The minimum Gasteiger partial charge on any atom is -0.462 e. The van der Waals surface area contributed by atoms with Crippen LogP contribution in [0.5, 0.6) is 0 Å². The fourth-order valence-electron chi connectivity index (χ4n) is 11.9. The van der Waals surface area contributed by atoms with Crippen LogP contribution in [-0.4, -0.2) is 87.3 Å². The van der Waals surface area contributed by atoms with Crippen molar-refractivity contribution < 1.29 is 53.0 Å². The highest BCUT2D eigenvalue weighted by Crippen LogP contribution is 2.73. The van der Waals surface area contributed by atoms with Gasteiger partial charge in [0.1, 0.15) is 31.0 Å². The second-order valence-corrected chi connectivity index (χ2v) is 19.8. The van der Waals surface area contributed by atoms with Gasteiger partial charge in [0.2, 0.25) is 0 Å². The number of Topliss-reactive ketones (excluding diaryl/α,β-unsaturated/α-hetero) is 1. The molecule has 6 rings (SSSR count). The molecular weight excluding hydrogens is 801 g/mol.